The van der Waals surface area contributed by atoms with E-state index in [1.807, 2.05) is 25.1 Å². The number of rotatable bonds is 4. The molecule has 19 heavy (non-hydrogen) atoms. The fourth-order valence-electron chi connectivity index (χ4n) is 2.11. The molecular weight excluding hydrogens is 240 g/mol. The number of carbonyl (C=O) groups is 1. The smallest absolute Gasteiger partial charge is 0.323 e. The summed E-state index contributed by atoms with van der Waals surface area (Å²) in [7, 11) is 0. The molecule has 0 aliphatic carbocycles. The van der Waals surface area contributed by atoms with Crippen LogP contribution in [0.4, 0.5) is 0 Å². The molecule has 0 radical (unpaired) electrons. The molecule has 1 N–H and O–H groups in total. The Morgan fingerprint density at radius 2 is 2.21 bits per heavy atom. The summed E-state index contributed by atoms with van der Waals surface area (Å²) in [5.74, 6) is -0.149. The molecule has 1 aliphatic heterocycles. The SMILES string of the molecule is CCOC(=O)[C@@H]1CCC(=NCc2ccccc2)CN1. The van der Waals surface area contributed by atoms with E-state index in [-0.39, 0.29) is 12.0 Å². The Labute approximate surface area is 113 Å². The maximum absolute atomic E-state index is 11.6. The van der Waals surface area contributed by atoms with Crippen LogP contribution >= 0.6 is 0 Å². The minimum absolute atomic E-state index is 0.149. The van der Waals surface area contributed by atoms with Crippen molar-refractivity contribution in [3.05, 3.63) is 35.9 Å². The average molecular weight is 260 g/mol. The van der Waals surface area contributed by atoms with Crippen LogP contribution in [0, 0.1) is 0 Å². The zero-order valence-electron chi connectivity index (χ0n) is 11.3. The summed E-state index contributed by atoms with van der Waals surface area (Å²) in [5.41, 5.74) is 2.34. The Balaban J connectivity index is 1.81. The van der Waals surface area contributed by atoms with E-state index in [9.17, 15) is 4.79 Å². The van der Waals surface area contributed by atoms with E-state index in [1.54, 1.807) is 0 Å². The Morgan fingerprint density at radius 3 is 2.84 bits per heavy atom. The van der Waals surface area contributed by atoms with Gasteiger partial charge in [-0.25, -0.2) is 0 Å². The molecule has 2 rings (SSSR count). The van der Waals surface area contributed by atoms with Crippen molar-refractivity contribution in [3.63, 3.8) is 0 Å². The third-order valence-corrected chi connectivity index (χ3v) is 3.17. The molecule has 0 aromatic heterocycles. The number of hydrogen-bond acceptors (Lipinski definition) is 4. The maximum Gasteiger partial charge on any atom is 0.323 e. The number of benzene rings is 1. The molecule has 0 bridgehead atoms. The zero-order chi connectivity index (χ0) is 13.5. The fourth-order valence-corrected chi connectivity index (χ4v) is 2.11. The number of esters is 1. The monoisotopic (exact) mass is 260 g/mol. The lowest BCUT2D eigenvalue weighted by molar-refractivity contribution is -0.145. The van der Waals surface area contributed by atoms with E-state index < -0.39 is 0 Å². The predicted octanol–water partition coefficient (Wildman–Crippen LogP) is 1.94. The van der Waals surface area contributed by atoms with Crippen LogP contribution in [0.25, 0.3) is 0 Å². The van der Waals surface area contributed by atoms with Gasteiger partial charge in [-0.1, -0.05) is 30.3 Å². The minimum Gasteiger partial charge on any atom is -0.465 e. The molecule has 1 aromatic carbocycles. The van der Waals surface area contributed by atoms with Crippen LogP contribution in [0.15, 0.2) is 35.3 Å². The van der Waals surface area contributed by atoms with Gasteiger partial charge in [-0.3, -0.25) is 15.1 Å². The molecule has 0 spiro atoms. The summed E-state index contributed by atoms with van der Waals surface area (Å²) >= 11 is 0. The average Bonchev–Trinajstić information content (AvgIpc) is 2.47. The van der Waals surface area contributed by atoms with Gasteiger partial charge in [0.25, 0.3) is 0 Å². The summed E-state index contributed by atoms with van der Waals surface area (Å²) in [5, 5.41) is 3.18. The van der Waals surface area contributed by atoms with E-state index in [0.29, 0.717) is 19.7 Å². The summed E-state index contributed by atoms with van der Waals surface area (Å²) in [6, 6.07) is 10.0. The van der Waals surface area contributed by atoms with Crippen molar-refractivity contribution >= 4 is 11.7 Å². The molecule has 4 nitrogen and oxygen atoms in total. The molecule has 1 fully saturated rings. The van der Waals surface area contributed by atoms with Crippen molar-refractivity contribution in [2.24, 2.45) is 4.99 Å². The van der Waals surface area contributed by atoms with Gasteiger partial charge in [-0.15, -0.1) is 0 Å². The zero-order valence-corrected chi connectivity index (χ0v) is 11.3. The Bertz CT molecular complexity index is 433. The second kappa shape index (κ2) is 7.04. The van der Waals surface area contributed by atoms with Gasteiger partial charge in [0, 0.05) is 12.3 Å². The highest BCUT2D eigenvalue weighted by molar-refractivity contribution is 5.89. The van der Waals surface area contributed by atoms with Gasteiger partial charge in [0.2, 0.25) is 0 Å². The number of nitrogens with zero attached hydrogens (tertiary/aromatic N) is 1. The normalized spacial score (nSPS) is 21.3. The molecule has 1 atom stereocenters. The second-order valence-electron chi connectivity index (χ2n) is 4.59. The van der Waals surface area contributed by atoms with Crippen LogP contribution in [0.3, 0.4) is 0 Å². The van der Waals surface area contributed by atoms with Crippen molar-refractivity contribution in [1.29, 1.82) is 0 Å². The van der Waals surface area contributed by atoms with E-state index in [1.165, 1.54) is 5.56 Å². The molecule has 1 saturated heterocycles. The van der Waals surface area contributed by atoms with Gasteiger partial charge < -0.3 is 4.74 Å². The lowest BCUT2D eigenvalue weighted by Gasteiger charge is -2.23. The van der Waals surface area contributed by atoms with Crippen LogP contribution in [0.1, 0.15) is 25.3 Å². The van der Waals surface area contributed by atoms with Gasteiger partial charge >= 0.3 is 5.97 Å². The largest absolute Gasteiger partial charge is 0.465 e. The standard InChI is InChI=1S/C15H20N2O2/c1-2-19-15(18)14-9-8-13(11-17-14)16-10-12-6-4-3-5-7-12/h3-7,14,17H,2,8-11H2,1H3/t14-/m0/s1. The van der Waals surface area contributed by atoms with Gasteiger partial charge in [0.05, 0.1) is 13.2 Å². The van der Waals surface area contributed by atoms with Gasteiger partial charge in [0.15, 0.2) is 0 Å². The van der Waals surface area contributed by atoms with Crippen molar-refractivity contribution in [2.45, 2.75) is 32.4 Å². The molecule has 1 heterocycles. The van der Waals surface area contributed by atoms with Crippen LogP contribution in [0.2, 0.25) is 0 Å². The molecule has 4 heteroatoms. The molecule has 1 aliphatic rings. The van der Waals surface area contributed by atoms with Crippen molar-refractivity contribution in [3.8, 4) is 0 Å². The van der Waals surface area contributed by atoms with E-state index >= 15 is 0 Å². The van der Waals surface area contributed by atoms with E-state index in [0.717, 1.165) is 18.6 Å². The van der Waals surface area contributed by atoms with Gasteiger partial charge in [-0.05, 0) is 25.3 Å². The summed E-state index contributed by atoms with van der Waals surface area (Å²) < 4.78 is 5.00. The fraction of sp³-hybridized carbons (Fsp3) is 0.467. The Morgan fingerprint density at radius 1 is 1.42 bits per heavy atom. The van der Waals surface area contributed by atoms with Crippen LogP contribution in [-0.4, -0.2) is 30.9 Å². The molecule has 1 aromatic rings. The third kappa shape index (κ3) is 4.17. The minimum atomic E-state index is -0.171. The first-order valence-corrected chi connectivity index (χ1v) is 6.75. The van der Waals surface area contributed by atoms with Crippen LogP contribution < -0.4 is 5.32 Å². The van der Waals surface area contributed by atoms with Crippen LogP contribution in [-0.2, 0) is 16.1 Å². The molecule has 0 unspecified atom stereocenters. The topological polar surface area (TPSA) is 50.7 Å². The van der Waals surface area contributed by atoms with Gasteiger partial charge in [0.1, 0.15) is 6.04 Å². The van der Waals surface area contributed by atoms with Gasteiger partial charge in [-0.2, -0.15) is 0 Å². The second-order valence-corrected chi connectivity index (χ2v) is 4.59. The molecule has 0 amide bonds. The number of piperidine rings is 1. The number of carbonyl (C=O) groups excluding carboxylic acids is 1. The van der Waals surface area contributed by atoms with Crippen molar-refractivity contribution in [1.82, 2.24) is 5.32 Å². The highest BCUT2D eigenvalue weighted by Crippen LogP contribution is 2.09. The summed E-state index contributed by atoms with van der Waals surface area (Å²) in [4.78, 5) is 16.2. The van der Waals surface area contributed by atoms with Crippen molar-refractivity contribution in [2.75, 3.05) is 13.2 Å². The van der Waals surface area contributed by atoms with E-state index in [4.69, 9.17) is 4.74 Å². The Kier molecular flexibility index (Phi) is 5.10. The summed E-state index contributed by atoms with van der Waals surface area (Å²) in [6.45, 7) is 3.65. The highest BCUT2D eigenvalue weighted by atomic mass is 16.5. The number of ether oxygens (including phenoxy) is 1. The van der Waals surface area contributed by atoms with Crippen molar-refractivity contribution < 1.29 is 9.53 Å². The molecule has 0 saturated carbocycles. The first-order chi connectivity index (χ1) is 9.29. The Hall–Kier alpha value is -1.68. The first-order valence-electron chi connectivity index (χ1n) is 6.75. The third-order valence-electron chi connectivity index (χ3n) is 3.17. The predicted molar refractivity (Wildman–Crippen MR) is 75.2 cm³/mol. The quantitative estimate of drug-likeness (QED) is 0.842. The maximum atomic E-state index is 11.6. The van der Waals surface area contributed by atoms with Crippen LogP contribution in [0.5, 0.6) is 0 Å². The number of hydrogen-bond donors (Lipinski definition) is 1. The molecular formula is C15H20N2O2. The molecule has 102 valence electrons. The number of nitrogens with one attached hydrogen (secondary N) is 1. The highest BCUT2D eigenvalue weighted by Gasteiger charge is 2.23. The first kappa shape index (κ1) is 13.7. The number of aliphatic imine (C=N–C) groups is 1. The summed E-state index contributed by atoms with van der Waals surface area (Å²) in [6.07, 6.45) is 1.63. The van der Waals surface area contributed by atoms with E-state index in [2.05, 4.69) is 22.4 Å². The lowest BCUT2D eigenvalue weighted by Crippen LogP contribution is -2.45. The lowest BCUT2D eigenvalue weighted by atomic mass is 10.0.